The quantitative estimate of drug-likeness (QED) is 0.518. The van der Waals surface area contributed by atoms with E-state index in [4.69, 9.17) is 0 Å². The third kappa shape index (κ3) is 1.61. The second kappa shape index (κ2) is 3.87. The summed E-state index contributed by atoms with van der Waals surface area (Å²) in [5, 5.41) is 0. The fourth-order valence-corrected chi connectivity index (χ4v) is 3.62. The number of fused-ring (bicyclic) bond motifs is 1. The summed E-state index contributed by atoms with van der Waals surface area (Å²) in [6.07, 6.45) is 10.4. The van der Waals surface area contributed by atoms with Gasteiger partial charge in [0.25, 0.3) is 0 Å². The van der Waals surface area contributed by atoms with Gasteiger partial charge in [-0.25, -0.2) is 0 Å². The minimum Gasteiger partial charge on any atom is -0.0654 e. The number of rotatable bonds is 7. The summed E-state index contributed by atoms with van der Waals surface area (Å²) in [6.45, 7) is 7.12. The molecule has 0 bridgehead atoms. The van der Waals surface area contributed by atoms with Crippen molar-refractivity contribution in [1.29, 1.82) is 0 Å². The third-order valence-corrected chi connectivity index (χ3v) is 4.92. The second-order valence-corrected chi connectivity index (χ2v) is 5.77. The van der Waals surface area contributed by atoms with E-state index in [1.54, 1.807) is 12.8 Å². The van der Waals surface area contributed by atoms with E-state index >= 15 is 0 Å². The first-order chi connectivity index (χ1) is 6.76. The van der Waals surface area contributed by atoms with Gasteiger partial charge in [0, 0.05) is 0 Å². The van der Waals surface area contributed by atoms with Crippen LogP contribution >= 0.6 is 0 Å². The topological polar surface area (TPSA) is 0 Å². The highest BCUT2D eigenvalue weighted by Crippen LogP contribution is 2.84. The molecule has 2 rings (SSSR count). The molecule has 2 fully saturated rings. The highest BCUT2D eigenvalue weighted by atomic mass is 14.8. The van der Waals surface area contributed by atoms with Gasteiger partial charge >= 0.3 is 0 Å². The zero-order chi connectivity index (χ0) is 10.2. The minimum atomic E-state index is 0.906. The number of hydrogen-bond donors (Lipinski definition) is 0. The lowest BCUT2D eigenvalue weighted by atomic mass is 9.88. The van der Waals surface area contributed by atoms with E-state index in [0.29, 0.717) is 0 Å². The van der Waals surface area contributed by atoms with Crippen molar-refractivity contribution in [3.63, 3.8) is 0 Å². The van der Waals surface area contributed by atoms with Gasteiger partial charge in [0.05, 0.1) is 0 Å². The van der Waals surface area contributed by atoms with Crippen molar-refractivity contribution < 1.29 is 0 Å². The van der Waals surface area contributed by atoms with E-state index in [0.717, 1.165) is 17.3 Å². The van der Waals surface area contributed by atoms with Crippen LogP contribution in [0.1, 0.15) is 65.7 Å². The summed E-state index contributed by atoms with van der Waals surface area (Å²) in [6, 6.07) is 0. The van der Waals surface area contributed by atoms with E-state index in [1.165, 1.54) is 38.0 Å². The Morgan fingerprint density at radius 1 is 1.21 bits per heavy atom. The van der Waals surface area contributed by atoms with E-state index in [2.05, 4.69) is 20.8 Å². The van der Waals surface area contributed by atoms with Gasteiger partial charge in [-0.2, -0.15) is 0 Å². The van der Waals surface area contributed by atoms with Crippen molar-refractivity contribution in [2.75, 3.05) is 0 Å². The molecule has 0 aromatic heterocycles. The third-order valence-electron chi connectivity index (χ3n) is 4.92. The summed E-state index contributed by atoms with van der Waals surface area (Å²) in [5.41, 5.74) is 0.906. The van der Waals surface area contributed by atoms with E-state index in [9.17, 15) is 0 Å². The average Bonchev–Trinajstić information content (AvgIpc) is 3.01. The summed E-state index contributed by atoms with van der Waals surface area (Å²) in [7, 11) is 0. The van der Waals surface area contributed by atoms with Crippen LogP contribution < -0.4 is 0 Å². The standard InChI is InChI=1S/C14H26/c1-4-6-7-8-9-14-10-12(14)13(14)11(3)5-2/h11-13H,4-10H2,1-3H3. The van der Waals surface area contributed by atoms with E-state index < -0.39 is 0 Å². The molecule has 0 amide bonds. The predicted octanol–water partition coefficient (Wildman–Crippen LogP) is 4.64. The molecule has 14 heavy (non-hydrogen) atoms. The van der Waals surface area contributed by atoms with Gasteiger partial charge in [-0.1, -0.05) is 52.9 Å². The van der Waals surface area contributed by atoms with Crippen LogP contribution in [0.25, 0.3) is 0 Å². The highest BCUT2D eigenvalue weighted by Gasteiger charge is 2.77. The Balaban J connectivity index is 1.64. The molecule has 0 N–H and O–H groups in total. The number of hydrogen-bond acceptors (Lipinski definition) is 0. The molecule has 0 aromatic rings. The first-order valence-corrected chi connectivity index (χ1v) is 6.76. The van der Waals surface area contributed by atoms with Crippen molar-refractivity contribution in [1.82, 2.24) is 0 Å². The molecule has 4 atom stereocenters. The number of unbranched alkanes of at least 4 members (excludes halogenated alkanes) is 3. The summed E-state index contributed by atoms with van der Waals surface area (Å²) in [5.74, 6) is 3.34. The zero-order valence-corrected chi connectivity index (χ0v) is 10.2. The van der Waals surface area contributed by atoms with Gasteiger partial charge < -0.3 is 0 Å². The fraction of sp³-hybridized carbons (Fsp3) is 1.00. The Morgan fingerprint density at radius 2 is 2.00 bits per heavy atom. The first kappa shape index (κ1) is 10.5. The van der Waals surface area contributed by atoms with Crippen LogP contribution in [0.4, 0.5) is 0 Å². The lowest BCUT2D eigenvalue weighted by Crippen LogP contribution is -2.08. The Kier molecular flexibility index (Phi) is 2.91. The van der Waals surface area contributed by atoms with Crippen LogP contribution in [0.2, 0.25) is 0 Å². The van der Waals surface area contributed by atoms with E-state index in [1.807, 2.05) is 0 Å². The monoisotopic (exact) mass is 194 g/mol. The molecule has 0 radical (unpaired) electrons. The molecular formula is C14H26. The fourth-order valence-electron chi connectivity index (χ4n) is 3.62. The molecule has 2 aliphatic carbocycles. The van der Waals surface area contributed by atoms with Crippen LogP contribution in [-0.2, 0) is 0 Å². The predicted molar refractivity (Wildman–Crippen MR) is 62.2 cm³/mol. The van der Waals surface area contributed by atoms with Gasteiger partial charge in [0.2, 0.25) is 0 Å². The Bertz CT molecular complexity index is 196. The Hall–Kier alpha value is 0. The van der Waals surface area contributed by atoms with Crippen molar-refractivity contribution in [3.8, 4) is 0 Å². The molecule has 4 unspecified atom stereocenters. The van der Waals surface area contributed by atoms with Gasteiger partial charge in [-0.15, -0.1) is 0 Å². The summed E-state index contributed by atoms with van der Waals surface area (Å²) < 4.78 is 0. The molecular weight excluding hydrogens is 168 g/mol. The van der Waals surface area contributed by atoms with Crippen LogP contribution in [0.15, 0.2) is 0 Å². The summed E-state index contributed by atoms with van der Waals surface area (Å²) >= 11 is 0. The molecule has 0 nitrogen and oxygen atoms in total. The second-order valence-electron chi connectivity index (χ2n) is 5.77. The molecule has 0 heteroatoms. The minimum absolute atomic E-state index is 0.906. The molecule has 0 saturated heterocycles. The Morgan fingerprint density at radius 3 is 2.57 bits per heavy atom. The average molecular weight is 194 g/mol. The van der Waals surface area contributed by atoms with Crippen LogP contribution in [0.5, 0.6) is 0 Å². The maximum absolute atomic E-state index is 2.46. The molecule has 0 heterocycles. The SMILES string of the molecule is CCCCCCC12CC1C2C(C)CC. The highest BCUT2D eigenvalue weighted by molar-refractivity contribution is 5.25. The molecule has 2 saturated carbocycles. The van der Waals surface area contributed by atoms with E-state index in [-0.39, 0.29) is 0 Å². The van der Waals surface area contributed by atoms with Crippen LogP contribution in [0.3, 0.4) is 0 Å². The van der Waals surface area contributed by atoms with Gasteiger partial charge in [-0.3, -0.25) is 0 Å². The van der Waals surface area contributed by atoms with Crippen molar-refractivity contribution in [2.45, 2.75) is 65.7 Å². The van der Waals surface area contributed by atoms with Crippen molar-refractivity contribution in [2.24, 2.45) is 23.2 Å². The van der Waals surface area contributed by atoms with Crippen molar-refractivity contribution >= 4 is 0 Å². The molecule has 0 aromatic carbocycles. The Labute approximate surface area is 89.5 Å². The molecule has 0 spiro atoms. The zero-order valence-electron chi connectivity index (χ0n) is 10.2. The smallest absolute Gasteiger partial charge is 0.0229 e. The molecule has 82 valence electrons. The normalized spacial score (nSPS) is 40.5. The largest absolute Gasteiger partial charge is 0.0654 e. The first-order valence-electron chi connectivity index (χ1n) is 6.76. The maximum atomic E-state index is 2.46. The lowest BCUT2D eigenvalue weighted by molar-refractivity contribution is 0.329. The molecule has 0 aliphatic heterocycles. The van der Waals surface area contributed by atoms with Crippen molar-refractivity contribution in [3.05, 3.63) is 0 Å². The van der Waals surface area contributed by atoms with Gasteiger partial charge in [-0.05, 0) is 36.0 Å². The maximum Gasteiger partial charge on any atom is -0.0229 e. The van der Waals surface area contributed by atoms with Gasteiger partial charge in [0.15, 0.2) is 0 Å². The molecule has 2 aliphatic rings. The summed E-state index contributed by atoms with van der Waals surface area (Å²) in [4.78, 5) is 0. The van der Waals surface area contributed by atoms with Crippen LogP contribution in [-0.4, -0.2) is 0 Å². The van der Waals surface area contributed by atoms with Gasteiger partial charge in [0.1, 0.15) is 0 Å². The lowest BCUT2D eigenvalue weighted by Gasteiger charge is -2.17. The van der Waals surface area contributed by atoms with Crippen LogP contribution in [0, 0.1) is 23.2 Å².